The van der Waals surface area contributed by atoms with Gasteiger partial charge >= 0.3 is 0 Å². The van der Waals surface area contributed by atoms with Crippen LogP contribution in [0, 0.1) is 12.7 Å². The Morgan fingerprint density at radius 1 is 1.41 bits per heavy atom. The van der Waals surface area contributed by atoms with Crippen molar-refractivity contribution < 1.29 is 27.3 Å². The van der Waals surface area contributed by atoms with E-state index in [1.807, 2.05) is 0 Å². The topological polar surface area (TPSA) is 33.2 Å². The molecule has 3 rings (SSSR count). The predicted octanol–water partition coefficient (Wildman–Crippen LogP) is 5.15. The number of piperidine rings is 1. The Bertz CT molecular complexity index is 1210. The molecule has 144 valence electrons. The number of aryl methyl sites for hydroxylation is 2. The lowest BCUT2D eigenvalue weighted by Gasteiger charge is -2.36. The highest BCUT2D eigenvalue weighted by Crippen LogP contribution is 2.32. The van der Waals surface area contributed by atoms with E-state index in [9.17, 15) is 9.18 Å². The molecule has 1 aliphatic heterocycles. The van der Waals surface area contributed by atoms with Gasteiger partial charge in [-0.2, -0.15) is 0 Å². The van der Waals surface area contributed by atoms with Crippen LogP contribution in [0.25, 0.3) is 0 Å². The minimum absolute atomic E-state index is 0.187. The maximum Gasteiger partial charge on any atom is 0.253 e. The van der Waals surface area contributed by atoms with Gasteiger partial charge in [0.25, 0.3) is 5.91 Å². The van der Waals surface area contributed by atoms with Crippen LogP contribution in [0.1, 0.15) is 60.9 Å². The molecular weight excluding hydrogens is 370 g/mol. The number of hydrogen-bond donors (Lipinski definition) is 0. The molecule has 2 heterocycles. The molecule has 0 aliphatic carbocycles. The molecule has 1 aliphatic rings. The summed E-state index contributed by atoms with van der Waals surface area (Å²) in [5, 5.41) is -0.546. The third-order valence-electron chi connectivity index (χ3n) is 3.77. The van der Waals surface area contributed by atoms with Crippen LogP contribution >= 0.6 is 11.6 Å². The highest BCUT2D eigenvalue weighted by atomic mass is 35.5. The Hall–Kier alpha value is -2.01. The number of alkyl halides is 1. The van der Waals surface area contributed by atoms with E-state index in [0.29, 0.717) is 5.56 Å². The minimum atomic E-state index is -3.96. The number of benzene rings is 1. The average molecular weight is 403 g/mol. The molecule has 0 saturated carbocycles. The average Bonchev–Trinajstić information content (AvgIpc) is 2.73. The summed E-state index contributed by atoms with van der Waals surface area (Å²) in [5.41, 5.74) is -4.08. The second-order valence-corrected chi connectivity index (χ2v) is 6.30. The molecule has 0 radical (unpaired) electrons. The summed E-state index contributed by atoms with van der Waals surface area (Å²) in [7, 11) is 0. The van der Waals surface area contributed by atoms with Gasteiger partial charge in [0.1, 0.15) is 11.5 Å². The number of pyridine rings is 1. The fraction of sp³-hybridized carbons (Fsp3) is 0.429. The fourth-order valence-corrected chi connectivity index (χ4v) is 2.43. The maximum absolute atomic E-state index is 16.6. The van der Waals surface area contributed by atoms with Crippen molar-refractivity contribution in [1.29, 1.82) is 0 Å². The van der Waals surface area contributed by atoms with Crippen molar-refractivity contribution >= 4 is 17.5 Å². The highest BCUT2D eigenvalue weighted by molar-refractivity contribution is 6.31. The lowest BCUT2D eigenvalue weighted by molar-refractivity contribution is 0.0389. The van der Waals surface area contributed by atoms with Gasteiger partial charge < -0.3 is 4.90 Å². The van der Waals surface area contributed by atoms with Crippen LogP contribution < -0.4 is 0 Å². The highest BCUT2D eigenvalue weighted by Gasteiger charge is 2.35. The van der Waals surface area contributed by atoms with Gasteiger partial charge in [0, 0.05) is 44.2 Å². The normalized spacial score (nSPS) is 32.1. The lowest BCUT2D eigenvalue weighted by Crippen LogP contribution is -2.44. The SMILES string of the molecule is [2H]C([2H])(CC([2H])([2H])C1(F)CC([2H])([2H])N(C(=O)c2ccc(F)c(Cl)c2)C([2H])([2H])C1([2H])[2H])c1ccc(C)cn1. The molecule has 1 aromatic carbocycles. The molecular formula is C21H23ClF2N2O. The first-order valence-corrected chi connectivity index (χ1v) is 8.40. The first-order chi connectivity index (χ1) is 16.6. The van der Waals surface area contributed by atoms with Crippen molar-refractivity contribution in [2.45, 2.75) is 44.6 Å². The van der Waals surface area contributed by atoms with Gasteiger partial charge in [0.2, 0.25) is 0 Å². The molecule has 2 aromatic rings. The Morgan fingerprint density at radius 3 is 2.93 bits per heavy atom. The van der Waals surface area contributed by atoms with Crippen LogP contribution in [0.3, 0.4) is 0 Å². The number of nitrogens with zero attached hydrogens (tertiary/aromatic N) is 2. The third kappa shape index (κ3) is 5.04. The Morgan fingerprint density at radius 2 is 2.22 bits per heavy atom. The van der Waals surface area contributed by atoms with Crippen LogP contribution in [0.5, 0.6) is 0 Å². The van der Waals surface area contributed by atoms with Crippen molar-refractivity contribution in [3.8, 4) is 0 Å². The molecule has 1 atom stereocenters. The van der Waals surface area contributed by atoms with Gasteiger partial charge in [0.15, 0.2) is 0 Å². The first kappa shape index (κ1) is 10.5. The quantitative estimate of drug-likeness (QED) is 0.692. The lowest BCUT2D eigenvalue weighted by atomic mass is 9.87. The third-order valence-corrected chi connectivity index (χ3v) is 4.06. The van der Waals surface area contributed by atoms with Crippen molar-refractivity contribution in [3.05, 3.63) is 64.2 Å². The van der Waals surface area contributed by atoms with E-state index in [2.05, 4.69) is 4.98 Å². The molecule has 1 unspecified atom stereocenters. The van der Waals surface area contributed by atoms with Gasteiger partial charge in [-0.3, -0.25) is 9.78 Å². The predicted molar refractivity (Wildman–Crippen MR) is 102 cm³/mol. The summed E-state index contributed by atoms with van der Waals surface area (Å²) in [6, 6.07) is 5.14. The minimum Gasteiger partial charge on any atom is -0.338 e. The molecule has 1 saturated heterocycles. The monoisotopic (exact) mass is 402 g/mol. The van der Waals surface area contributed by atoms with Crippen LogP contribution in [-0.2, 0) is 6.37 Å². The smallest absolute Gasteiger partial charge is 0.253 e. The zero-order valence-corrected chi connectivity index (χ0v) is 15.1. The summed E-state index contributed by atoms with van der Waals surface area (Å²) >= 11 is 5.66. The van der Waals surface area contributed by atoms with E-state index in [1.165, 1.54) is 18.3 Å². The second-order valence-electron chi connectivity index (χ2n) is 5.89. The molecule has 1 aromatic heterocycles. The summed E-state index contributed by atoms with van der Waals surface area (Å²) < 4.78 is 113. The van der Waals surface area contributed by atoms with Crippen LogP contribution in [0.15, 0.2) is 36.5 Å². The molecule has 3 nitrogen and oxygen atoms in total. The Balaban J connectivity index is 2.07. The van der Waals surface area contributed by atoms with Gasteiger partial charge in [-0.05, 0) is 68.7 Å². The van der Waals surface area contributed by atoms with Crippen molar-refractivity contribution in [1.82, 2.24) is 9.88 Å². The van der Waals surface area contributed by atoms with E-state index in [4.69, 9.17) is 25.3 Å². The van der Waals surface area contributed by atoms with E-state index in [1.54, 1.807) is 6.92 Å². The summed E-state index contributed by atoms with van der Waals surface area (Å²) in [4.78, 5) is 16.8. The van der Waals surface area contributed by atoms with Gasteiger partial charge in [-0.1, -0.05) is 17.7 Å². The molecule has 6 heteroatoms. The van der Waals surface area contributed by atoms with Crippen molar-refractivity contribution in [2.24, 2.45) is 0 Å². The summed E-state index contributed by atoms with van der Waals surface area (Å²) in [5.74, 6) is -2.39. The van der Waals surface area contributed by atoms with Gasteiger partial charge in [0.05, 0.1) is 5.02 Å². The fourth-order valence-electron chi connectivity index (χ4n) is 2.25. The number of carbonyl (C=O) groups is 1. The first-order valence-electron chi connectivity index (χ1n) is 13.0. The molecule has 0 N–H and O–H groups in total. The van der Waals surface area contributed by atoms with E-state index < -0.39 is 72.9 Å². The maximum atomic E-state index is 16.6. The number of likely N-dealkylation sites (tertiary alicyclic amines) is 1. The molecule has 1 fully saturated rings. The number of halogens is 3. The second kappa shape index (κ2) is 8.34. The van der Waals surface area contributed by atoms with Gasteiger partial charge in [-0.15, -0.1) is 0 Å². The standard InChI is InChI=1S/C21H23ClF2N2O/c1-15-4-6-17(25-14-15)3-2-8-21(24)9-11-26(12-10-21)20(27)16-5-7-19(23)18(22)13-16/h4-7,13-14H,2-3,8-12H2,1H3/i3D2,8D2,9D2,11D2,12D2. The largest absolute Gasteiger partial charge is 0.338 e. The Labute approximate surface area is 177 Å². The molecule has 1 amide bonds. The Kier molecular flexibility index (Phi) is 3.25. The van der Waals surface area contributed by atoms with Crippen LogP contribution in [0.2, 0.25) is 5.02 Å². The van der Waals surface area contributed by atoms with E-state index in [0.717, 1.165) is 18.2 Å². The molecule has 0 spiro atoms. The van der Waals surface area contributed by atoms with Crippen molar-refractivity contribution in [3.63, 3.8) is 0 Å². The van der Waals surface area contributed by atoms with Gasteiger partial charge in [-0.25, -0.2) is 8.78 Å². The van der Waals surface area contributed by atoms with Crippen LogP contribution in [-0.4, -0.2) is 34.5 Å². The number of hydrogen-bond acceptors (Lipinski definition) is 2. The zero-order valence-electron chi connectivity index (χ0n) is 24.3. The zero-order chi connectivity index (χ0) is 28.4. The summed E-state index contributed by atoms with van der Waals surface area (Å²) in [6.07, 6.45) is -11.7. The summed E-state index contributed by atoms with van der Waals surface area (Å²) in [6.45, 7) is -5.41. The number of rotatable bonds is 5. The molecule has 0 bridgehead atoms. The van der Waals surface area contributed by atoms with Crippen molar-refractivity contribution in [2.75, 3.05) is 13.0 Å². The molecule has 27 heavy (non-hydrogen) atoms. The number of carbonyl (C=O) groups excluding carboxylic acids is 1. The van der Waals surface area contributed by atoms with E-state index >= 15 is 4.39 Å². The van der Waals surface area contributed by atoms with Crippen LogP contribution in [0.4, 0.5) is 8.78 Å². The van der Waals surface area contributed by atoms with E-state index in [-0.39, 0.29) is 10.6 Å². The number of aromatic nitrogens is 1. The number of amides is 1.